The number of piperazine rings is 1. The highest BCUT2D eigenvalue weighted by molar-refractivity contribution is 5.44. The third-order valence-electron chi connectivity index (χ3n) is 4.79. The average Bonchev–Trinajstić information content (AvgIpc) is 3.18. The summed E-state index contributed by atoms with van der Waals surface area (Å²) in [7, 11) is 0. The summed E-state index contributed by atoms with van der Waals surface area (Å²) >= 11 is 0. The molecule has 5 heteroatoms. The van der Waals surface area contributed by atoms with E-state index in [0.29, 0.717) is 0 Å². The first-order chi connectivity index (χ1) is 12.4. The molecule has 1 aromatic carbocycles. The summed E-state index contributed by atoms with van der Waals surface area (Å²) < 4.78 is 1.99. The largest absolute Gasteiger partial charge is 0.368 e. The molecular weight excluding hydrogens is 310 g/mol. The van der Waals surface area contributed by atoms with Crippen LogP contribution < -0.4 is 4.90 Å². The minimum absolute atomic E-state index is 0.832. The van der Waals surface area contributed by atoms with Crippen LogP contribution in [-0.4, -0.2) is 45.8 Å². The molecule has 25 heavy (non-hydrogen) atoms. The van der Waals surface area contributed by atoms with Gasteiger partial charge in [0.25, 0.3) is 0 Å². The van der Waals surface area contributed by atoms with Crippen molar-refractivity contribution >= 4 is 5.69 Å². The Labute approximate surface area is 148 Å². The molecule has 0 atom stereocenters. The smallest absolute Gasteiger partial charge is 0.0662 e. The van der Waals surface area contributed by atoms with Gasteiger partial charge in [-0.25, -0.2) is 0 Å². The van der Waals surface area contributed by atoms with Crippen LogP contribution in [0.1, 0.15) is 11.1 Å². The highest BCUT2D eigenvalue weighted by atomic mass is 15.3. The molecule has 0 amide bonds. The molecular formula is C20H23N5. The SMILES string of the molecule is c1cncc(N2CCN(Cc3ccccc3Cn3cccn3)CC2)c1. The van der Waals surface area contributed by atoms with E-state index >= 15 is 0 Å². The number of nitrogens with zero attached hydrogens (tertiary/aromatic N) is 5. The third-order valence-corrected chi connectivity index (χ3v) is 4.79. The number of anilines is 1. The van der Waals surface area contributed by atoms with E-state index in [1.54, 1.807) is 0 Å². The molecule has 3 aromatic rings. The second-order valence-corrected chi connectivity index (χ2v) is 6.45. The molecule has 1 aliphatic rings. The molecule has 2 aromatic heterocycles. The Morgan fingerprint density at radius 2 is 1.60 bits per heavy atom. The van der Waals surface area contributed by atoms with Gasteiger partial charge in [0.1, 0.15) is 0 Å². The summed E-state index contributed by atoms with van der Waals surface area (Å²) in [4.78, 5) is 9.18. The summed E-state index contributed by atoms with van der Waals surface area (Å²) in [6, 6.07) is 14.8. The van der Waals surface area contributed by atoms with Crippen LogP contribution in [0.2, 0.25) is 0 Å². The number of aromatic nitrogens is 3. The van der Waals surface area contributed by atoms with Crippen molar-refractivity contribution in [3.8, 4) is 0 Å². The number of benzene rings is 1. The Kier molecular flexibility index (Phi) is 4.74. The predicted molar refractivity (Wildman–Crippen MR) is 99.5 cm³/mol. The van der Waals surface area contributed by atoms with Crippen LogP contribution >= 0.6 is 0 Å². The Balaban J connectivity index is 1.39. The zero-order valence-corrected chi connectivity index (χ0v) is 14.3. The molecule has 0 unspecified atom stereocenters. The maximum atomic E-state index is 4.33. The lowest BCUT2D eigenvalue weighted by molar-refractivity contribution is 0.249. The lowest BCUT2D eigenvalue weighted by Crippen LogP contribution is -2.46. The van der Waals surface area contributed by atoms with Crippen LogP contribution in [0.25, 0.3) is 0 Å². The minimum Gasteiger partial charge on any atom is -0.368 e. The van der Waals surface area contributed by atoms with Crippen LogP contribution in [-0.2, 0) is 13.1 Å². The monoisotopic (exact) mass is 333 g/mol. The van der Waals surface area contributed by atoms with Crippen molar-refractivity contribution in [1.29, 1.82) is 0 Å². The van der Waals surface area contributed by atoms with Gasteiger partial charge in [0.2, 0.25) is 0 Å². The fourth-order valence-electron chi connectivity index (χ4n) is 3.38. The van der Waals surface area contributed by atoms with E-state index in [0.717, 1.165) is 39.3 Å². The van der Waals surface area contributed by atoms with Gasteiger partial charge in [0.15, 0.2) is 0 Å². The minimum atomic E-state index is 0.832. The number of rotatable bonds is 5. The topological polar surface area (TPSA) is 37.2 Å². The molecule has 0 spiro atoms. The van der Waals surface area contributed by atoms with Crippen molar-refractivity contribution in [2.24, 2.45) is 0 Å². The summed E-state index contributed by atoms with van der Waals surface area (Å²) in [6.45, 7) is 6.08. The molecule has 3 heterocycles. The lowest BCUT2D eigenvalue weighted by Gasteiger charge is -2.36. The van der Waals surface area contributed by atoms with Crippen LogP contribution in [0.3, 0.4) is 0 Å². The summed E-state index contributed by atoms with van der Waals surface area (Å²) in [5.74, 6) is 0. The van der Waals surface area contributed by atoms with E-state index in [4.69, 9.17) is 0 Å². The van der Waals surface area contributed by atoms with Crippen molar-refractivity contribution in [2.45, 2.75) is 13.1 Å². The Morgan fingerprint density at radius 1 is 0.800 bits per heavy atom. The quantitative estimate of drug-likeness (QED) is 0.719. The van der Waals surface area contributed by atoms with Crippen molar-refractivity contribution in [3.63, 3.8) is 0 Å². The maximum Gasteiger partial charge on any atom is 0.0662 e. The first-order valence-electron chi connectivity index (χ1n) is 8.80. The summed E-state index contributed by atoms with van der Waals surface area (Å²) in [5, 5.41) is 4.33. The van der Waals surface area contributed by atoms with Gasteiger partial charge in [-0.15, -0.1) is 0 Å². The van der Waals surface area contributed by atoms with Gasteiger partial charge in [-0.1, -0.05) is 24.3 Å². The van der Waals surface area contributed by atoms with Crippen LogP contribution in [0.5, 0.6) is 0 Å². The molecule has 1 saturated heterocycles. The van der Waals surface area contributed by atoms with Crippen LogP contribution in [0.4, 0.5) is 5.69 Å². The van der Waals surface area contributed by atoms with Crippen LogP contribution in [0, 0.1) is 0 Å². The van der Waals surface area contributed by atoms with Gasteiger partial charge in [-0.3, -0.25) is 14.6 Å². The molecule has 0 radical (unpaired) electrons. The maximum absolute atomic E-state index is 4.33. The normalized spacial score (nSPS) is 15.4. The van der Waals surface area contributed by atoms with Crippen molar-refractivity contribution in [1.82, 2.24) is 19.7 Å². The first-order valence-corrected chi connectivity index (χ1v) is 8.80. The average molecular weight is 333 g/mol. The molecule has 4 rings (SSSR count). The molecule has 0 aliphatic carbocycles. The van der Waals surface area contributed by atoms with Gasteiger partial charge < -0.3 is 4.90 Å². The van der Waals surface area contributed by atoms with E-state index in [1.165, 1.54) is 16.8 Å². The lowest BCUT2D eigenvalue weighted by atomic mass is 10.1. The molecule has 0 N–H and O–H groups in total. The zero-order chi connectivity index (χ0) is 16.9. The summed E-state index contributed by atoms with van der Waals surface area (Å²) in [5.41, 5.74) is 3.97. The van der Waals surface area contributed by atoms with Gasteiger partial charge in [0, 0.05) is 51.3 Å². The first kappa shape index (κ1) is 15.8. The van der Waals surface area contributed by atoms with Crippen molar-refractivity contribution < 1.29 is 0 Å². The molecule has 5 nitrogen and oxygen atoms in total. The highest BCUT2D eigenvalue weighted by Crippen LogP contribution is 2.18. The van der Waals surface area contributed by atoms with Gasteiger partial charge >= 0.3 is 0 Å². The predicted octanol–water partition coefficient (Wildman–Crippen LogP) is 2.65. The Bertz CT molecular complexity index is 777. The van der Waals surface area contributed by atoms with E-state index in [1.807, 2.05) is 41.6 Å². The number of hydrogen-bond donors (Lipinski definition) is 0. The van der Waals surface area contributed by atoms with Gasteiger partial charge in [-0.05, 0) is 29.3 Å². The number of pyridine rings is 1. The molecule has 0 bridgehead atoms. The zero-order valence-electron chi connectivity index (χ0n) is 14.3. The fourth-order valence-corrected chi connectivity index (χ4v) is 3.38. The van der Waals surface area contributed by atoms with Crippen LogP contribution in [0.15, 0.2) is 67.3 Å². The standard InChI is InChI=1S/C20H23N5/c1-2-6-19(17-25-10-4-9-22-25)18(5-1)16-23-11-13-24(14-12-23)20-7-3-8-21-15-20/h1-10,15H,11-14,16-17H2. The Morgan fingerprint density at radius 3 is 2.28 bits per heavy atom. The van der Waals surface area contributed by atoms with E-state index in [9.17, 15) is 0 Å². The van der Waals surface area contributed by atoms with Gasteiger partial charge in [0.05, 0.1) is 18.4 Å². The van der Waals surface area contributed by atoms with E-state index in [-0.39, 0.29) is 0 Å². The van der Waals surface area contributed by atoms with E-state index < -0.39 is 0 Å². The van der Waals surface area contributed by atoms with Gasteiger partial charge in [-0.2, -0.15) is 5.10 Å². The molecule has 128 valence electrons. The molecule has 1 fully saturated rings. The highest BCUT2D eigenvalue weighted by Gasteiger charge is 2.18. The summed E-state index contributed by atoms with van der Waals surface area (Å²) in [6.07, 6.45) is 7.63. The number of hydrogen-bond acceptors (Lipinski definition) is 4. The molecule has 0 saturated carbocycles. The van der Waals surface area contributed by atoms with E-state index in [2.05, 4.69) is 50.2 Å². The second-order valence-electron chi connectivity index (χ2n) is 6.45. The Hall–Kier alpha value is -2.66. The fraction of sp³-hybridized carbons (Fsp3) is 0.300. The third kappa shape index (κ3) is 3.88. The van der Waals surface area contributed by atoms with Crippen molar-refractivity contribution in [3.05, 3.63) is 78.4 Å². The van der Waals surface area contributed by atoms with Crippen molar-refractivity contribution in [2.75, 3.05) is 31.1 Å². The second kappa shape index (κ2) is 7.49. The molecule has 1 aliphatic heterocycles.